The van der Waals surface area contributed by atoms with Crippen molar-refractivity contribution < 1.29 is 23.9 Å². The quantitative estimate of drug-likeness (QED) is 0.696. The topological polar surface area (TPSA) is 95.5 Å². The van der Waals surface area contributed by atoms with Crippen molar-refractivity contribution in [1.29, 1.82) is 0 Å². The average Bonchev–Trinajstić information content (AvgIpc) is 2.64. The minimum absolute atomic E-state index is 0.235. The number of aliphatic carboxylic acids is 1. The van der Waals surface area contributed by atoms with E-state index in [-0.39, 0.29) is 17.3 Å². The summed E-state index contributed by atoms with van der Waals surface area (Å²) in [5, 5.41) is 13.9. The molecule has 2 amide bonds. The zero-order valence-corrected chi connectivity index (χ0v) is 15.0. The van der Waals surface area contributed by atoms with Crippen molar-refractivity contribution in [3.05, 3.63) is 65.5 Å². The van der Waals surface area contributed by atoms with Gasteiger partial charge in [-0.05, 0) is 55.3 Å². The van der Waals surface area contributed by atoms with Crippen LogP contribution in [0.2, 0.25) is 0 Å². The molecule has 27 heavy (non-hydrogen) atoms. The van der Waals surface area contributed by atoms with Crippen LogP contribution in [-0.2, 0) is 9.59 Å². The Hall–Kier alpha value is -3.22. The van der Waals surface area contributed by atoms with E-state index in [9.17, 15) is 18.8 Å². The lowest BCUT2D eigenvalue weighted by atomic mass is 9.95. The number of hydrogen-bond donors (Lipinski definition) is 3. The van der Waals surface area contributed by atoms with Gasteiger partial charge >= 0.3 is 5.97 Å². The second-order valence-corrected chi connectivity index (χ2v) is 6.11. The third-order valence-electron chi connectivity index (χ3n) is 4.13. The summed E-state index contributed by atoms with van der Waals surface area (Å²) in [6, 6.07) is 10.9. The second-order valence-electron chi connectivity index (χ2n) is 6.11. The van der Waals surface area contributed by atoms with Gasteiger partial charge in [0, 0.05) is 11.3 Å². The van der Waals surface area contributed by atoms with Crippen LogP contribution >= 0.6 is 0 Å². The molecule has 0 aliphatic rings. The molecule has 0 aliphatic heterocycles. The first kappa shape index (κ1) is 20.1. The average molecular weight is 372 g/mol. The molecule has 0 aromatic heterocycles. The van der Waals surface area contributed by atoms with Gasteiger partial charge in [0.05, 0.1) is 5.92 Å². The molecule has 2 rings (SSSR count). The van der Waals surface area contributed by atoms with Crippen LogP contribution in [-0.4, -0.2) is 28.9 Å². The lowest BCUT2D eigenvalue weighted by Gasteiger charge is -2.16. The summed E-state index contributed by atoms with van der Waals surface area (Å²) in [6.45, 7) is 3.24. The van der Waals surface area contributed by atoms with Crippen molar-refractivity contribution in [2.45, 2.75) is 32.2 Å². The molecule has 2 aromatic rings. The SMILES string of the molecule is CCC(C(=O)Nc1ccc(C(=O)NC(C)C(=O)O)cc1)c1ccc(F)cc1. The Balaban J connectivity index is 2.04. The number of anilines is 1. The van der Waals surface area contributed by atoms with Gasteiger partial charge in [-0.25, -0.2) is 4.39 Å². The Morgan fingerprint density at radius 3 is 2.15 bits per heavy atom. The third-order valence-corrected chi connectivity index (χ3v) is 4.13. The van der Waals surface area contributed by atoms with E-state index in [2.05, 4.69) is 10.6 Å². The molecule has 2 aromatic carbocycles. The summed E-state index contributed by atoms with van der Waals surface area (Å²) in [5.74, 6) is -2.66. The molecule has 7 heteroatoms. The molecule has 0 heterocycles. The fraction of sp³-hybridized carbons (Fsp3) is 0.250. The van der Waals surface area contributed by atoms with E-state index in [0.29, 0.717) is 12.1 Å². The molecule has 0 spiro atoms. The van der Waals surface area contributed by atoms with Crippen molar-refractivity contribution in [3.63, 3.8) is 0 Å². The molecule has 0 bridgehead atoms. The molecule has 2 unspecified atom stereocenters. The lowest BCUT2D eigenvalue weighted by molar-refractivity contribution is -0.138. The number of rotatable bonds is 7. The molecule has 0 aliphatic carbocycles. The van der Waals surface area contributed by atoms with E-state index >= 15 is 0 Å². The van der Waals surface area contributed by atoms with Crippen LogP contribution in [0.4, 0.5) is 10.1 Å². The Morgan fingerprint density at radius 1 is 1.04 bits per heavy atom. The highest BCUT2D eigenvalue weighted by Gasteiger charge is 2.19. The molecule has 0 fully saturated rings. The summed E-state index contributed by atoms with van der Waals surface area (Å²) in [6.07, 6.45) is 0.547. The van der Waals surface area contributed by atoms with Gasteiger partial charge in [0.15, 0.2) is 0 Å². The number of carbonyl (C=O) groups excluding carboxylic acids is 2. The van der Waals surface area contributed by atoms with Gasteiger partial charge in [-0.2, -0.15) is 0 Å². The van der Waals surface area contributed by atoms with E-state index in [1.807, 2.05) is 6.92 Å². The predicted molar refractivity (Wildman–Crippen MR) is 99.1 cm³/mol. The number of halogens is 1. The lowest BCUT2D eigenvalue weighted by Crippen LogP contribution is -2.38. The maximum absolute atomic E-state index is 13.1. The smallest absolute Gasteiger partial charge is 0.325 e. The van der Waals surface area contributed by atoms with Crippen LogP contribution in [0.15, 0.2) is 48.5 Å². The minimum Gasteiger partial charge on any atom is -0.480 e. The molecular weight excluding hydrogens is 351 g/mol. The summed E-state index contributed by atoms with van der Waals surface area (Å²) in [5.41, 5.74) is 1.50. The van der Waals surface area contributed by atoms with Gasteiger partial charge in [-0.1, -0.05) is 19.1 Å². The van der Waals surface area contributed by atoms with Gasteiger partial charge in [0.25, 0.3) is 5.91 Å². The maximum atomic E-state index is 13.1. The Morgan fingerprint density at radius 2 is 1.63 bits per heavy atom. The van der Waals surface area contributed by atoms with Gasteiger partial charge in [-0.3, -0.25) is 14.4 Å². The van der Waals surface area contributed by atoms with Crippen LogP contribution in [0.5, 0.6) is 0 Å². The van der Waals surface area contributed by atoms with Crippen molar-refractivity contribution in [2.24, 2.45) is 0 Å². The van der Waals surface area contributed by atoms with Crippen LogP contribution in [0.1, 0.15) is 42.1 Å². The molecule has 0 radical (unpaired) electrons. The van der Waals surface area contributed by atoms with Gasteiger partial charge < -0.3 is 15.7 Å². The van der Waals surface area contributed by atoms with Crippen molar-refractivity contribution in [1.82, 2.24) is 5.32 Å². The van der Waals surface area contributed by atoms with E-state index in [0.717, 1.165) is 5.56 Å². The molecule has 0 saturated heterocycles. The standard InChI is InChI=1S/C20H21FN2O4/c1-3-17(13-4-8-15(21)9-5-13)19(25)23-16-10-6-14(7-11-16)18(24)22-12(2)20(26)27/h4-12,17H,3H2,1-2H3,(H,22,24)(H,23,25)(H,26,27). The Kier molecular flexibility index (Phi) is 6.65. The van der Waals surface area contributed by atoms with Crippen LogP contribution in [0.3, 0.4) is 0 Å². The Labute approximate surface area is 156 Å². The number of hydrogen-bond acceptors (Lipinski definition) is 3. The highest BCUT2D eigenvalue weighted by atomic mass is 19.1. The number of carbonyl (C=O) groups is 3. The van der Waals surface area contributed by atoms with E-state index < -0.39 is 23.8 Å². The molecule has 0 saturated carbocycles. The predicted octanol–water partition coefficient (Wildman–Crippen LogP) is 3.16. The van der Waals surface area contributed by atoms with Crippen molar-refractivity contribution in [2.75, 3.05) is 5.32 Å². The highest BCUT2D eigenvalue weighted by Crippen LogP contribution is 2.22. The molecule has 3 N–H and O–H groups in total. The van der Waals surface area contributed by atoms with Gasteiger partial charge in [0.2, 0.25) is 5.91 Å². The minimum atomic E-state index is -1.13. The number of nitrogens with one attached hydrogen (secondary N) is 2. The summed E-state index contributed by atoms with van der Waals surface area (Å²) < 4.78 is 13.1. The summed E-state index contributed by atoms with van der Waals surface area (Å²) in [7, 11) is 0. The fourth-order valence-corrected chi connectivity index (χ4v) is 2.54. The van der Waals surface area contributed by atoms with Crippen LogP contribution in [0, 0.1) is 5.82 Å². The highest BCUT2D eigenvalue weighted by molar-refractivity contribution is 5.98. The number of carboxylic acids is 1. The molecule has 142 valence electrons. The first-order chi connectivity index (χ1) is 12.8. The summed E-state index contributed by atoms with van der Waals surface area (Å²) >= 11 is 0. The van der Waals surface area contributed by atoms with Crippen molar-refractivity contribution in [3.8, 4) is 0 Å². The Bertz CT molecular complexity index is 819. The van der Waals surface area contributed by atoms with Crippen LogP contribution in [0.25, 0.3) is 0 Å². The maximum Gasteiger partial charge on any atom is 0.325 e. The number of amides is 2. The van der Waals surface area contributed by atoms with Gasteiger partial charge in [0.1, 0.15) is 11.9 Å². The normalized spacial score (nSPS) is 12.7. The fourth-order valence-electron chi connectivity index (χ4n) is 2.54. The number of benzene rings is 2. The zero-order valence-electron chi connectivity index (χ0n) is 15.0. The zero-order chi connectivity index (χ0) is 20.0. The molecule has 6 nitrogen and oxygen atoms in total. The largest absolute Gasteiger partial charge is 0.480 e. The van der Waals surface area contributed by atoms with Crippen LogP contribution < -0.4 is 10.6 Å². The monoisotopic (exact) mass is 372 g/mol. The molecule has 2 atom stereocenters. The summed E-state index contributed by atoms with van der Waals surface area (Å²) in [4.78, 5) is 35.3. The first-order valence-electron chi connectivity index (χ1n) is 8.52. The molecular formula is C20H21FN2O4. The van der Waals surface area contributed by atoms with Gasteiger partial charge in [-0.15, -0.1) is 0 Å². The van der Waals surface area contributed by atoms with Crippen molar-refractivity contribution >= 4 is 23.5 Å². The van der Waals surface area contributed by atoms with E-state index in [4.69, 9.17) is 5.11 Å². The van der Waals surface area contributed by atoms with E-state index in [1.54, 1.807) is 24.3 Å². The second kappa shape index (κ2) is 8.93. The number of carboxylic acid groups (broad SMARTS) is 1. The third kappa shape index (κ3) is 5.37. The van der Waals surface area contributed by atoms with E-state index in [1.165, 1.54) is 31.2 Å². The first-order valence-corrected chi connectivity index (χ1v) is 8.52.